The normalized spacial score (nSPS) is 19.2. The van der Waals surface area contributed by atoms with E-state index in [4.69, 9.17) is 0 Å². The summed E-state index contributed by atoms with van der Waals surface area (Å²) in [5, 5.41) is 0. The minimum absolute atomic E-state index is 0.0420. The minimum atomic E-state index is -5.40. The molecular formula is C24H24F8O2. The van der Waals surface area contributed by atoms with Crippen molar-refractivity contribution in [2.45, 2.75) is 70.3 Å². The highest BCUT2D eigenvalue weighted by Gasteiger charge is 2.39. The molecule has 0 bridgehead atoms. The Balaban J connectivity index is 1.72. The van der Waals surface area contributed by atoms with Gasteiger partial charge in [-0.15, -0.1) is 13.2 Å². The smallest absolute Gasteiger partial charge is 0.429 e. The first-order valence-electron chi connectivity index (χ1n) is 11.0. The maximum atomic E-state index is 14.6. The van der Waals surface area contributed by atoms with E-state index in [9.17, 15) is 35.1 Å². The Labute approximate surface area is 191 Å². The van der Waals surface area contributed by atoms with Gasteiger partial charge < -0.3 is 9.47 Å². The van der Waals surface area contributed by atoms with Crippen molar-refractivity contribution < 1.29 is 44.6 Å². The quantitative estimate of drug-likeness (QED) is 0.341. The molecule has 0 saturated heterocycles. The fourth-order valence-electron chi connectivity index (χ4n) is 4.31. The van der Waals surface area contributed by atoms with E-state index in [0.717, 1.165) is 57.1 Å². The summed E-state index contributed by atoms with van der Waals surface area (Å²) in [6.07, 6.45) is -2.70. The van der Waals surface area contributed by atoms with E-state index >= 15 is 0 Å². The van der Waals surface area contributed by atoms with E-state index < -0.39 is 47.0 Å². The Morgan fingerprint density at radius 1 is 0.824 bits per heavy atom. The number of hydrogen-bond acceptors (Lipinski definition) is 2. The Morgan fingerprint density at radius 2 is 1.44 bits per heavy atom. The molecule has 10 heteroatoms. The van der Waals surface area contributed by atoms with Gasteiger partial charge in [-0.25, -0.2) is 13.2 Å². The second kappa shape index (κ2) is 10.4. The zero-order chi connectivity index (χ0) is 25.1. The highest BCUT2D eigenvalue weighted by Crippen LogP contribution is 2.41. The van der Waals surface area contributed by atoms with Crippen LogP contribution in [-0.2, 0) is 6.11 Å². The van der Waals surface area contributed by atoms with Crippen LogP contribution in [0.2, 0.25) is 0 Å². The molecule has 34 heavy (non-hydrogen) atoms. The molecule has 0 heterocycles. The molecule has 0 N–H and O–H groups in total. The van der Waals surface area contributed by atoms with Crippen LogP contribution in [0.3, 0.4) is 0 Å². The van der Waals surface area contributed by atoms with Crippen LogP contribution in [0.5, 0.6) is 11.5 Å². The van der Waals surface area contributed by atoms with E-state index in [2.05, 4.69) is 16.4 Å². The maximum Gasteiger partial charge on any atom is 0.573 e. The number of alkyl halides is 5. The lowest BCUT2D eigenvalue weighted by molar-refractivity contribution is -0.276. The minimum Gasteiger partial charge on any atom is -0.429 e. The van der Waals surface area contributed by atoms with Crippen LogP contribution in [0.4, 0.5) is 35.1 Å². The standard InChI is InChI=1S/C24H24F8O2/c1-2-3-4-14-5-7-15(8-6-14)16-9-10-18(19(25)11-16)23(28,29)33-17-12-20(26)22(21(27)13-17)34-24(30,31)32/h9-15H,2-8H2,1H3. The molecule has 0 radical (unpaired) electrons. The Morgan fingerprint density at radius 3 is 1.97 bits per heavy atom. The molecule has 0 atom stereocenters. The Bertz CT molecular complexity index is 958. The van der Waals surface area contributed by atoms with Crippen LogP contribution in [0, 0.1) is 23.4 Å². The zero-order valence-corrected chi connectivity index (χ0v) is 18.3. The molecule has 1 aliphatic carbocycles. The molecule has 1 fully saturated rings. The van der Waals surface area contributed by atoms with Crippen LogP contribution < -0.4 is 9.47 Å². The molecule has 0 aliphatic heterocycles. The fourth-order valence-corrected chi connectivity index (χ4v) is 4.31. The molecule has 0 amide bonds. The van der Waals surface area contributed by atoms with Gasteiger partial charge in [-0.1, -0.05) is 32.3 Å². The largest absolute Gasteiger partial charge is 0.573 e. The van der Waals surface area contributed by atoms with E-state index in [0.29, 0.717) is 11.5 Å². The van der Waals surface area contributed by atoms with Crippen LogP contribution in [0.1, 0.15) is 68.9 Å². The molecule has 2 aromatic carbocycles. The molecule has 1 saturated carbocycles. The molecule has 2 nitrogen and oxygen atoms in total. The van der Waals surface area contributed by atoms with Crippen molar-refractivity contribution in [3.63, 3.8) is 0 Å². The van der Waals surface area contributed by atoms with Gasteiger partial charge in [0.25, 0.3) is 0 Å². The van der Waals surface area contributed by atoms with Gasteiger partial charge in [-0.05, 0) is 55.2 Å². The number of halogens is 8. The fraction of sp³-hybridized carbons (Fsp3) is 0.500. The van der Waals surface area contributed by atoms with Gasteiger partial charge in [0.15, 0.2) is 11.6 Å². The van der Waals surface area contributed by atoms with Crippen LogP contribution in [0.25, 0.3) is 0 Å². The first kappa shape index (κ1) is 26.1. The summed E-state index contributed by atoms with van der Waals surface area (Å²) < 4.78 is 115. The SMILES string of the molecule is CCCCC1CCC(c2ccc(C(F)(F)Oc3cc(F)c(OC(F)(F)F)c(F)c3)c(F)c2)CC1. The summed E-state index contributed by atoms with van der Waals surface area (Å²) in [6, 6.07) is 3.42. The van der Waals surface area contributed by atoms with Crippen molar-refractivity contribution in [2.24, 2.45) is 5.92 Å². The highest BCUT2D eigenvalue weighted by molar-refractivity contribution is 5.36. The molecule has 3 rings (SSSR count). The number of hydrogen-bond donors (Lipinski definition) is 0. The molecule has 2 aromatic rings. The lowest BCUT2D eigenvalue weighted by atomic mass is 9.77. The predicted octanol–water partition coefficient (Wildman–Crippen LogP) is 8.59. The summed E-state index contributed by atoms with van der Waals surface area (Å²) in [5.41, 5.74) is -0.582. The summed E-state index contributed by atoms with van der Waals surface area (Å²) in [7, 11) is 0. The number of ether oxygens (including phenoxy) is 2. The number of unbranched alkanes of at least 4 members (excludes halogenated alkanes) is 1. The molecule has 0 unspecified atom stereocenters. The molecule has 0 aromatic heterocycles. The summed E-state index contributed by atoms with van der Waals surface area (Å²) in [6.45, 7) is 2.12. The topological polar surface area (TPSA) is 18.5 Å². The van der Waals surface area contributed by atoms with Gasteiger partial charge in [0.2, 0.25) is 5.75 Å². The van der Waals surface area contributed by atoms with Crippen molar-refractivity contribution in [1.82, 2.24) is 0 Å². The van der Waals surface area contributed by atoms with Crippen molar-refractivity contribution in [1.29, 1.82) is 0 Å². The highest BCUT2D eigenvalue weighted by atomic mass is 19.4. The molecular weight excluding hydrogens is 472 g/mol. The third kappa shape index (κ3) is 6.54. The summed E-state index contributed by atoms with van der Waals surface area (Å²) in [5.74, 6) is -7.37. The van der Waals surface area contributed by atoms with Gasteiger partial charge in [0.1, 0.15) is 11.6 Å². The van der Waals surface area contributed by atoms with E-state index in [1.807, 2.05) is 0 Å². The monoisotopic (exact) mass is 496 g/mol. The van der Waals surface area contributed by atoms with E-state index in [-0.39, 0.29) is 18.1 Å². The third-order valence-electron chi connectivity index (χ3n) is 6.03. The zero-order valence-electron chi connectivity index (χ0n) is 18.3. The van der Waals surface area contributed by atoms with Gasteiger partial charge >= 0.3 is 12.5 Å². The first-order valence-corrected chi connectivity index (χ1v) is 11.0. The van der Waals surface area contributed by atoms with Crippen molar-refractivity contribution in [3.8, 4) is 11.5 Å². The third-order valence-corrected chi connectivity index (χ3v) is 6.03. The van der Waals surface area contributed by atoms with Crippen molar-refractivity contribution in [3.05, 3.63) is 58.9 Å². The maximum absolute atomic E-state index is 14.6. The van der Waals surface area contributed by atoms with Gasteiger partial charge in [0.05, 0.1) is 5.56 Å². The van der Waals surface area contributed by atoms with Gasteiger partial charge in [-0.3, -0.25) is 0 Å². The number of rotatable bonds is 8. The molecule has 1 aliphatic rings. The average Bonchev–Trinajstić information content (AvgIpc) is 2.74. The van der Waals surface area contributed by atoms with Gasteiger partial charge in [0, 0.05) is 12.1 Å². The van der Waals surface area contributed by atoms with Crippen molar-refractivity contribution >= 4 is 0 Å². The summed E-state index contributed by atoms with van der Waals surface area (Å²) >= 11 is 0. The first-order chi connectivity index (χ1) is 15.9. The second-order valence-electron chi connectivity index (χ2n) is 8.48. The van der Waals surface area contributed by atoms with Crippen LogP contribution in [-0.4, -0.2) is 6.36 Å². The second-order valence-corrected chi connectivity index (χ2v) is 8.48. The van der Waals surface area contributed by atoms with Gasteiger partial charge in [-0.2, -0.15) is 8.78 Å². The van der Waals surface area contributed by atoms with E-state index in [1.54, 1.807) is 0 Å². The molecule has 188 valence electrons. The van der Waals surface area contributed by atoms with Crippen LogP contribution in [0.15, 0.2) is 30.3 Å². The van der Waals surface area contributed by atoms with Crippen molar-refractivity contribution in [2.75, 3.05) is 0 Å². The average molecular weight is 496 g/mol. The Hall–Kier alpha value is -2.52. The molecule has 0 spiro atoms. The lowest BCUT2D eigenvalue weighted by Crippen LogP contribution is -2.24. The Kier molecular flexibility index (Phi) is 7.98. The van der Waals surface area contributed by atoms with Crippen LogP contribution >= 0.6 is 0 Å². The summed E-state index contributed by atoms with van der Waals surface area (Å²) in [4.78, 5) is 0. The lowest BCUT2D eigenvalue weighted by Gasteiger charge is -2.29. The predicted molar refractivity (Wildman–Crippen MR) is 108 cm³/mol. The van der Waals surface area contributed by atoms with E-state index in [1.165, 1.54) is 6.07 Å². The number of benzene rings is 2.